The number of rotatable bonds is 8. The third-order valence-corrected chi connectivity index (χ3v) is 7.80. The van der Waals surface area contributed by atoms with Gasteiger partial charge in [-0.05, 0) is 63.5 Å². The molecule has 0 heterocycles. The molecule has 2 saturated carbocycles. The molecule has 31 heavy (non-hydrogen) atoms. The molecular formula is C21H32N4O5S. The molecule has 0 saturated heterocycles. The molecule has 1 unspecified atom stereocenters. The van der Waals surface area contributed by atoms with Crippen molar-refractivity contribution in [3.05, 3.63) is 28.3 Å². The molecule has 0 aromatic heterocycles. The Hall–Kier alpha value is -2.20. The van der Waals surface area contributed by atoms with Crippen LogP contribution in [0.2, 0.25) is 0 Å². The van der Waals surface area contributed by atoms with Gasteiger partial charge in [0.15, 0.2) is 0 Å². The smallest absolute Gasteiger partial charge is 0.293 e. The van der Waals surface area contributed by atoms with E-state index >= 15 is 0 Å². The molecule has 3 rings (SSSR count). The number of anilines is 1. The summed E-state index contributed by atoms with van der Waals surface area (Å²) in [7, 11) is -3.87. The van der Waals surface area contributed by atoms with Crippen LogP contribution in [0.1, 0.15) is 65.2 Å². The average molecular weight is 453 g/mol. The highest BCUT2D eigenvalue weighted by molar-refractivity contribution is 7.89. The molecular weight excluding hydrogens is 420 g/mol. The van der Waals surface area contributed by atoms with Crippen LogP contribution < -0.4 is 15.4 Å². The second kappa shape index (κ2) is 9.95. The summed E-state index contributed by atoms with van der Waals surface area (Å²) in [5.74, 6) is 0.353. The van der Waals surface area contributed by atoms with Gasteiger partial charge in [0.05, 0.1) is 9.82 Å². The number of carbonyl (C=O) groups is 1. The number of amides is 1. The van der Waals surface area contributed by atoms with E-state index in [-0.39, 0.29) is 34.3 Å². The van der Waals surface area contributed by atoms with E-state index in [1.165, 1.54) is 12.1 Å². The van der Waals surface area contributed by atoms with Gasteiger partial charge in [0, 0.05) is 18.2 Å². The molecule has 1 aromatic carbocycles. The van der Waals surface area contributed by atoms with Crippen molar-refractivity contribution in [1.29, 1.82) is 0 Å². The molecule has 9 nitrogen and oxygen atoms in total. The van der Waals surface area contributed by atoms with Crippen LogP contribution in [0.15, 0.2) is 23.1 Å². The Morgan fingerprint density at radius 3 is 2.35 bits per heavy atom. The lowest BCUT2D eigenvalue weighted by atomic mass is 9.88. The van der Waals surface area contributed by atoms with Gasteiger partial charge in [0.2, 0.25) is 15.9 Å². The molecule has 2 aliphatic carbocycles. The summed E-state index contributed by atoms with van der Waals surface area (Å²) in [6.45, 7) is 3.78. The zero-order valence-electron chi connectivity index (χ0n) is 18.1. The number of sulfonamides is 1. The molecule has 10 heteroatoms. The number of hydrogen-bond acceptors (Lipinski definition) is 6. The zero-order valence-corrected chi connectivity index (χ0v) is 18.9. The summed E-state index contributed by atoms with van der Waals surface area (Å²) in [5, 5.41) is 17.4. The Morgan fingerprint density at radius 2 is 1.74 bits per heavy atom. The van der Waals surface area contributed by atoms with Crippen LogP contribution in [-0.4, -0.2) is 37.4 Å². The lowest BCUT2D eigenvalue weighted by Crippen LogP contribution is -2.42. The van der Waals surface area contributed by atoms with Crippen molar-refractivity contribution in [2.45, 2.75) is 88.2 Å². The SMILES string of the molecule is CC1CCC(NS(=O)(=O)c2ccc(NC(C)C(=O)NC3CCCC3)c([N+](=O)[O-])c2)CC1. The second-order valence-electron chi connectivity index (χ2n) is 8.87. The van der Waals surface area contributed by atoms with Crippen molar-refractivity contribution >= 4 is 27.3 Å². The molecule has 0 spiro atoms. The molecule has 1 aromatic rings. The Kier molecular flexibility index (Phi) is 7.53. The number of nitrogens with one attached hydrogen (secondary N) is 3. The lowest BCUT2D eigenvalue weighted by Gasteiger charge is -2.26. The Bertz CT molecular complexity index is 906. The topological polar surface area (TPSA) is 130 Å². The van der Waals surface area contributed by atoms with Crippen molar-refractivity contribution in [2.24, 2.45) is 5.92 Å². The highest BCUT2D eigenvalue weighted by Crippen LogP contribution is 2.30. The summed E-state index contributed by atoms with van der Waals surface area (Å²) >= 11 is 0. The van der Waals surface area contributed by atoms with Gasteiger partial charge in [-0.2, -0.15) is 0 Å². The Balaban J connectivity index is 1.71. The quantitative estimate of drug-likeness (QED) is 0.410. The number of carbonyl (C=O) groups excluding carboxylic acids is 1. The van der Waals surface area contributed by atoms with Crippen molar-refractivity contribution in [3.63, 3.8) is 0 Å². The van der Waals surface area contributed by atoms with Crippen LogP contribution in [0.3, 0.4) is 0 Å². The van der Waals surface area contributed by atoms with E-state index < -0.39 is 21.0 Å². The van der Waals surface area contributed by atoms with E-state index in [9.17, 15) is 23.3 Å². The van der Waals surface area contributed by atoms with E-state index in [0.717, 1.165) is 57.4 Å². The maximum atomic E-state index is 12.8. The summed E-state index contributed by atoms with van der Waals surface area (Å²) in [6.07, 6.45) is 7.49. The summed E-state index contributed by atoms with van der Waals surface area (Å²) in [4.78, 5) is 23.2. The first-order valence-electron chi connectivity index (χ1n) is 11.0. The lowest BCUT2D eigenvalue weighted by molar-refractivity contribution is -0.384. The van der Waals surface area contributed by atoms with E-state index in [4.69, 9.17) is 0 Å². The van der Waals surface area contributed by atoms with Gasteiger partial charge >= 0.3 is 0 Å². The first kappa shape index (κ1) is 23.5. The van der Waals surface area contributed by atoms with E-state index in [1.807, 2.05) is 0 Å². The summed E-state index contributed by atoms with van der Waals surface area (Å²) < 4.78 is 28.2. The first-order chi connectivity index (χ1) is 14.7. The fourth-order valence-electron chi connectivity index (χ4n) is 4.31. The van der Waals surface area contributed by atoms with Gasteiger partial charge < -0.3 is 10.6 Å². The number of hydrogen-bond donors (Lipinski definition) is 3. The first-order valence-corrected chi connectivity index (χ1v) is 12.5. The molecule has 1 amide bonds. The minimum Gasteiger partial charge on any atom is -0.368 e. The molecule has 0 bridgehead atoms. The molecule has 2 fully saturated rings. The van der Waals surface area contributed by atoms with E-state index in [2.05, 4.69) is 22.3 Å². The predicted molar refractivity (Wildman–Crippen MR) is 118 cm³/mol. The third kappa shape index (κ3) is 6.16. The minimum absolute atomic E-state index is 0.115. The second-order valence-corrected chi connectivity index (χ2v) is 10.6. The highest BCUT2D eigenvalue weighted by Gasteiger charge is 2.28. The van der Waals surface area contributed by atoms with Gasteiger partial charge in [-0.3, -0.25) is 14.9 Å². The van der Waals surface area contributed by atoms with Crippen LogP contribution >= 0.6 is 0 Å². The fraction of sp³-hybridized carbons (Fsp3) is 0.667. The standard InChI is InChI=1S/C21H32N4O5S/c1-14-7-9-17(10-8-14)24-31(29,30)18-11-12-19(20(13-18)25(27)28)22-15(2)21(26)23-16-5-3-4-6-16/h11-17,22,24H,3-10H2,1-2H3,(H,23,26). The van der Waals surface area contributed by atoms with Crippen LogP contribution in [-0.2, 0) is 14.8 Å². The van der Waals surface area contributed by atoms with E-state index in [0.29, 0.717) is 5.92 Å². The minimum atomic E-state index is -3.87. The zero-order chi connectivity index (χ0) is 22.6. The number of benzene rings is 1. The van der Waals surface area contributed by atoms with Crippen LogP contribution in [0.25, 0.3) is 0 Å². The van der Waals surface area contributed by atoms with Crippen molar-refractivity contribution < 1.29 is 18.1 Å². The third-order valence-electron chi connectivity index (χ3n) is 6.28. The molecule has 1 atom stereocenters. The maximum absolute atomic E-state index is 12.8. The monoisotopic (exact) mass is 452 g/mol. The van der Waals surface area contributed by atoms with E-state index in [1.54, 1.807) is 6.92 Å². The predicted octanol–water partition coefficient (Wildman–Crippen LogP) is 3.31. The molecule has 172 valence electrons. The number of nitrogens with zero attached hydrogens (tertiary/aromatic N) is 1. The molecule has 0 aliphatic heterocycles. The fourth-order valence-corrected chi connectivity index (χ4v) is 5.64. The van der Waals surface area contributed by atoms with Crippen LogP contribution in [0.5, 0.6) is 0 Å². The van der Waals surface area contributed by atoms with Gasteiger partial charge in [-0.25, -0.2) is 13.1 Å². The molecule has 0 radical (unpaired) electrons. The van der Waals surface area contributed by atoms with Gasteiger partial charge in [0.25, 0.3) is 5.69 Å². The normalized spacial score (nSPS) is 23.3. The van der Waals surface area contributed by atoms with Crippen LogP contribution in [0.4, 0.5) is 11.4 Å². The van der Waals surface area contributed by atoms with Crippen molar-refractivity contribution in [2.75, 3.05) is 5.32 Å². The molecule has 3 N–H and O–H groups in total. The Morgan fingerprint density at radius 1 is 1.10 bits per heavy atom. The molecule has 2 aliphatic rings. The Labute approximate surface area is 183 Å². The summed E-state index contributed by atoms with van der Waals surface area (Å²) in [5.41, 5.74) is -0.259. The van der Waals surface area contributed by atoms with Crippen molar-refractivity contribution in [1.82, 2.24) is 10.0 Å². The van der Waals surface area contributed by atoms with Crippen LogP contribution in [0, 0.1) is 16.0 Å². The average Bonchev–Trinajstić information content (AvgIpc) is 3.22. The largest absolute Gasteiger partial charge is 0.368 e. The van der Waals surface area contributed by atoms with Gasteiger partial charge in [-0.1, -0.05) is 19.8 Å². The van der Waals surface area contributed by atoms with Gasteiger partial charge in [-0.15, -0.1) is 0 Å². The van der Waals surface area contributed by atoms with Crippen molar-refractivity contribution in [3.8, 4) is 0 Å². The van der Waals surface area contributed by atoms with Gasteiger partial charge in [0.1, 0.15) is 11.7 Å². The highest BCUT2D eigenvalue weighted by atomic mass is 32.2. The summed E-state index contributed by atoms with van der Waals surface area (Å²) in [6, 6.07) is 3.05. The number of nitro benzene ring substituents is 1. The number of nitro groups is 1. The maximum Gasteiger partial charge on any atom is 0.293 e.